The Labute approximate surface area is 95.7 Å². The molecule has 0 aromatic heterocycles. The Morgan fingerprint density at radius 1 is 1.38 bits per heavy atom. The smallest absolute Gasteiger partial charge is 0.325 e. The van der Waals surface area contributed by atoms with Crippen molar-refractivity contribution in [3.63, 3.8) is 0 Å². The van der Waals surface area contributed by atoms with E-state index >= 15 is 0 Å². The number of hydrogen-bond donors (Lipinski definition) is 1. The first-order valence-corrected chi connectivity index (χ1v) is 7.20. The van der Waals surface area contributed by atoms with Crippen LogP contribution in [-0.4, -0.2) is 24.3 Å². The van der Waals surface area contributed by atoms with Gasteiger partial charge in [-0.1, -0.05) is 25.1 Å². The lowest BCUT2D eigenvalue weighted by atomic mass is 10.3. The standard InChI is InChI=1S/C11H17O4P/c1-3-10(15-16(2,12)13)9-14-11-7-5-4-6-8-11/h4-8,10H,3,9H2,1-2H3,(H,12,13)/t10-/m1/s1. The highest BCUT2D eigenvalue weighted by atomic mass is 31.2. The molecule has 0 saturated carbocycles. The molecule has 0 amide bonds. The van der Waals surface area contributed by atoms with E-state index in [9.17, 15) is 4.57 Å². The molecule has 4 nitrogen and oxygen atoms in total. The molecule has 0 aliphatic carbocycles. The third-order valence-electron chi connectivity index (χ3n) is 1.98. The summed E-state index contributed by atoms with van der Waals surface area (Å²) in [5, 5.41) is 0. The number of para-hydroxylation sites is 1. The van der Waals surface area contributed by atoms with E-state index in [2.05, 4.69) is 0 Å². The zero-order valence-electron chi connectivity index (χ0n) is 9.50. The van der Waals surface area contributed by atoms with E-state index in [0.717, 1.165) is 5.75 Å². The fourth-order valence-corrected chi connectivity index (χ4v) is 1.97. The molecule has 1 aromatic carbocycles. The van der Waals surface area contributed by atoms with Gasteiger partial charge >= 0.3 is 7.60 Å². The molecule has 2 atom stereocenters. The van der Waals surface area contributed by atoms with Crippen LogP contribution >= 0.6 is 7.60 Å². The fourth-order valence-electron chi connectivity index (χ4n) is 1.21. The zero-order valence-corrected chi connectivity index (χ0v) is 10.4. The van der Waals surface area contributed by atoms with Crippen LogP contribution in [0.15, 0.2) is 30.3 Å². The largest absolute Gasteiger partial charge is 0.491 e. The SMILES string of the molecule is CC[C@H](COc1ccccc1)OP(C)(=O)O. The summed E-state index contributed by atoms with van der Waals surface area (Å²) < 4.78 is 21.5. The number of benzene rings is 1. The van der Waals surface area contributed by atoms with Gasteiger partial charge in [-0.2, -0.15) is 0 Å². The van der Waals surface area contributed by atoms with Crippen LogP contribution in [0.3, 0.4) is 0 Å². The van der Waals surface area contributed by atoms with Gasteiger partial charge in [-0.05, 0) is 18.6 Å². The van der Waals surface area contributed by atoms with Crippen LogP contribution in [0.4, 0.5) is 0 Å². The molecular formula is C11H17O4P. The summed E-state index contributed by atoms with van der Waals surface area (Å²) in [4.78, 5) is 9.09. The fraction of sp³-hybridized carbons (Fsp3) is 0.455. The van der Waals surface area contributed by atoms with Gasteiger partial charge in [0.1, 0.15) is 18.5 Å². The van der Waals surface area contributed by atoms with Crippen molar-refractivity contribution < 1.29 is 18.7 Å². The van der Waals surface area contributed by atoms with E-state index in [1.807, 2.05) is 37.3 Å². The molecule has 0 aliphatic rings. The molecule has 5 heteroatoms. The van der Waals surface area contributed by atoms with Crippen molar-refractivity contribution in [2.45, 2.75) is 19.4 Å². The van der Waals surface area contributed by atoms with Crippen molar-refractivity contribution in [1.82, 2.24) is 0 Å². The predicted octanol–water partition coefficient (Wildman–Crippen LogP) is 2.68. The molecule has 0 saturated heterocycles. The first kappa shape index (κ1) is 13.2. The van der Waals surface area contributed by atoms with Gasteiger partial charge in [-0.3, -0.25) is 4.57 Å². The van der Waals surface area contributed by atoms with Gasteiger partial charge in [0.05, 0.1) is 0 Å². The average molecular weight is 244 g/mol. The maximum absolute atomic E-state index is 11.1. The summed E-state index contributed by atoms with van der Waals surface area (Å²) in [5.41, 5.74) is 0. The lowest BCUT2D eigenvalue weighted by Crippen LogP contribution is -2.19. The van der Waals surface area contributed by atoms with Crippen LogP contribution in [0.25, 0.3) is 0 Å². The second kappa shape index (κ2) is 6.04. The topological polar surface area (TPSA) is 55.8 Å². The minimum atomic E-state index is -3.44. The minimum absolute atomic E-state index is 0.277. The summed E-state index contributed by atoms with van der Waals surface area (Å²) in [6, 6.07) is 9.30. The predicted molar refractivity (Wildman–Crippen MR) is 62.9 cm³/mol. The summed E-state index contributed by atoms with van der Waals surface area (Å²) in [6.45, 7) is 3.34. The molecule has 90 valence electrons. The molecule has 0 heterocycles. The van der Waals surface area contributed by atoms with Gasteiger partial charge in [-0.25, -0.2) is 0 Å². The Hall–Kier alpha value is -0.830. The van der Waals surface area contributed by atoms with E-state index in [4.69, 9.17) is 14.2 Å². The first-order valence-electron chi connectivity index (χ1n) is 5.18. The molecule has 1 unspecified atom stereocenters. The molecule has 16 heavy (non-hydrogen) atoms. The highest BCUT2D eigenvalue weighted by Crippen LogP contribution is 2.38. The lowest BCUT2D eigenvalue weighted by molar-refractivity contribution is 0.113. The number of rotatable bonds is 6. The van der Waals surface area contributed by atoms with E-state index in [1.54, 1.807) is 0 Å². The van der Waals surface area contributed by atoms with Crippen LogP contribution in [0.2, 0.25) is 0 Å². The van der Waals surface area contributed by atoms with Crippen LogP contribution in [0.1, 0.15) is 13.3 Å². The van der Waals surface area contributed by atoms with Crippen molar-refractivity contribution in [1.29, 1.82) is 0 Å². The van der Waals surface area contributed by atoms with Gasteiger partial charge in [0, 0.05) is 6.66 Å². The second-order valence-electron chi connectivity index (χ2n) is 3.56. The van der Waals surface area contributed by atoms with Crippen molar-refractivity contribution in [2.75, 3.05) is 13.3 Å². The van der Waals surface area contributed by atoms with E-state index < -0.39 is 7.60 Å². The van der Waals surface area contributed by atoms with Crippen molar-refractivity contribution in [3.05, 3.63) is 30.3 Å². The van der Waals surface area contributed by atoms with Crippen LogP contribution in [0, 0.1) is 0 Å². The summed E-state index contributed by atoms with van der Waals surface area (Å²) in [7, 11) is -3.44. The molecule has 1 rings (SSSR count). The Balaban J connectivity index is 2.43. The lowest BCUT2D eigenvalue weighted by Gasteiger charge is -2.18. The Kier molecular flexibility index (Phi) is 5.00. The summed E-state index contributed by atoms with van der Waals surface area (Å²) >= 11 is 0. The second-order valence-corrected chi connectivity index (χ2v) is 5.38. The van der Waals surface area contributed by atoms with Crippen LogP contribution < -0.4 is 4.74 Å². The normalized spacial score (nSPS) is 16.4. The monoisotopic (exact) mass is 244 g/mol. The molecule has 0 radical (unpaired) electrons. The van der Waals surface area contributed by atoms with Gasteiger partial charge < -0.3 is 14.2 Å². The number of ether oxygens (including phenoxy) is 1. The maximum Gasteiger partial charge on any atom is 0.325 e. The van der Waals surface area contributed by atoms with E-state index in [0.29, 0.717) is 6.42 Å². The van der Waals surface area contributed by atoms with Crippen molar-refractivity contribution >= 4 is 7.60 Å². The van der Waals surface area contributed by atoms with Crippen molar-refractivity contribution in [2.24, 2.45) is 0 Å². The molecular weight excluding hydrogens is 227 g/mol. The van der Waals surface area contributed by atoms with Gasteiger partial charge in [0.25, 0.3) is 0 Å². The Bertz CT molecular complexity index is 346. The Morgan fingerprint density at radius 3 is 2.50 bits per heavy atom. The van der Waals surface area contributed by atoms with Crippen LogP contribution in [0.5, 0.6) is 5.75 Å². The highest BCUT2D eigenvalue weighted by Gasteiger charge is 2.18. The average Bonchev–Trinajstić information content (AvgIpc) is 2.24. The number of hydrogen-bond acceptors (Lipinski definition) is 3. The zero-order chi connectivity index (χ0) is 12.0. The first-order chi connectivity index (χ1) is 7.51. The molecule has 1 aromatic rings. The third kappa shape index (κ3) is 5.31. The van der Waals surface area contributed by atoms with Crippen molar-refractivity contribution in [3.8, 4) is 5.75 Å². The van der Waals surface area contributed by atoms with E-state index in [-0.39, 0.29) is 12.7 Å². The van der Waals surface area contributed by atoms with Gasteiger partial charge in [0.2, 0.25) is 0 Å². The van der Waals surface area contributed by atoms with E-state index in [1.165, 1.54) is 6.66 Å². The van der Waals surface area contributed by atoms with Crippen LogP contribution in [-0.2, 0) is 9.09 Å². The maximum atomic E-state index is 11.1. The van der Waals surface area contributed by atoms with Gasteiger partial charge in [0.15, 0.2) is 0 Å². The molecule has 0 bridgehead atoms. The highest BCUT2D eigenvalue weighted by molar-refractivity contribution is 7.51. The molecule has 1 N–H and O–H groups in total. The third-order valence-corrected chi connectivity index (χ3v) is 2.67. The summed E-state index contributed by atoms with van der Waals surface area (Å²) in [6.07, 6.45) is 0.270. The minimum Gasteiger partial charge on any atom is -0.491 e. The molecule has 0 fully saturated rings. The van der Waals surface area contributed by atoms with Gasteiger partial charge in [-0.15, -0.1) is 0 Å². The Morgan fingerprint density at radius 2 is 2.00 bits per heavy atom. The quantitative estimate of drug-likeness (QED) is 0.781. The summed E-state index contributed by atoms with van der Waals surface area (Å²) in [5.74, 6) is 0.730. The molecule has 0 spiro atoms. The molecule has 0 aliphatic heterocycles.